The Labute approximate surface area is 119 Å². The molecule has 0 radical (unpaired) electrons. The molecule has 3 N–H and O–H groups in total. The van der Waals surface area contributed by atoms with Crippen molar-refractivity contribution in [2.24, 2.45) is 0 Å². The number of aromatic amines is 1. The van der Waals surface area contributed by atoms with E-state index in [1.165, 1.54) is 18.2 Å². The summed E-state index contributed by atoms with van der Waals surface area (Å²) in [5.41, 5.74) is 0.435. The molecule has 0 unspecified atom stereocenters. The highest BCUT2D eigenvalue weighted by Crippen LogP contribution is 2.12. The minimum Gasteiger partial charge on any atom is -0.481 e. The number of aromatic nitrogens is 2. The lowest BCUT2D eigenvalue weighted by Crippen LogP contribution is -2.13. The highest BCUT2D eigenvalue weighted by molar-refractivity contribution is 7.85. The first-order valence-corrected chi connectivity index (χ1v) is 7.32. The van der Waals surface area contributed by atoms with Crippen molar-refractivity contribution in [2.75, 3.05) is 0 Å². The standard InChI is InChI=1S/C12H12N2O6S/c15-11-7-8(1-6-12(16)17)13-14(11)9-2-4-10(5-3-9)21(18,19)20/h2-5,7,13H,1,6H2,(H,16,17)(H,18,19,20). The Hall–Kier alpha value is -2.39. The summed E-state index contributed by atoms with van der Waals surface area (Å²) in [6, 6.07) is 6.30. The molecule has 0 amide bonds. The average molecular weight is 312 g/mol. The monoisotopic (exact) mass is 312 g/mol. The first-order valence-electron chi connectivity index (χ1n) is 5.88. The molecule has 0 spiro atoms. The minimum atomic E-state index is -4.29. The van der Waals surface area contributed by atoms with E-state index in [4.69, 9.17) is 9.66 Å². The van der Waals surface area contributed by atoms with E-state index in [1.54, 1.807) is 0 Å². The number of benzene rings is 1. The number of carbonyl (C=O) groups is 1. The van der Waals surface area contributed by atoms with Crippen molar-refractivity contribution in [3.8, 4) is 5.69 Å². The maximum absolute atomic E-state index is 11.8. The molecule has 9 heteroatoms. The second-order valence-corrected chi connectivity index (χ2v) is 5.74. The van der Waals surface area contributed by atoms with Gasteiger partial charge in [0.1, 0.15) is 0 Å². The number of nitrogens with zero attached hydrogens (tertiary/aromatic N) is 1. The fourth-order valence-electron chi connectivity index (χ4n) is 1.77. The van der Waals surface area contributed by atoms with E-state index in [2.05, 4.69) is 5.10 Å². The fourth-order valence-corrected chi connectivity index (χ4v) is 2.25. The number of carboxylic acids is 1. The van der Waals surface area contributed by atoms with E-state index in [1.807, 2.05) is 0 Å². The number of nitrogens with one attached hydrogen (secondary N) is 1. The molecule has 0 bridgehead atoms. The number of carboxylic acid groups (broad SMARTS) is 1. The van der Waals surface area contributed by atoms with Gasteiger partial charge in [0.15, 0.2) is 0 Å². The molecule has 2 rings (SSSR count). The summed E-state index contributed by atoms with van der Waals surface area (Å²) in [4.78, 5) is 22.0. The Morgan fingerprint density at radius 3 is 2.38 bits per heavy atom. The van der Waals surface area contributed by atoms with Crippen LogP contribution < -0.4 is 5.56 Å². The molecule has 0 aliphatic heterocycles. The van der Waals surface area contributed by atoms with Gasteiger partial charge in [0.05, 0.1) is 17.0 Å². The Bertz CT molecular complexity index is 816. The maximum Gasteiger partial charge on any atom is 0.303 e. The second kappa shape index (κ2) is 5.54. The topological polar surface area (TPSA) is 129 Å². The zero-order chi connectivity index (χ0) is 15.6. The van der Waals surface area contributed by atoms with E-state index in [9.17, 15) is 18.0 Å². The van der Waals surface area contributed by atoms with Gasteiger partial charge in [-0.2, -0.15) is 8.42 Å². The Kier molecular flexibility index (Phi) is 3.96. The van der Waals surface area contributed by atoms with Crippen molar-refractivity contribution in [1.82, 2.24) is 9.78 Å². The molecule has 2 aromatic rings. The van der Waals surface area contributed by atoms with E-state index in [0.29, 0.717) is 11.4 Å². The van der Waals surface area contributed by atoms with Crippen LogP contribution in [0, 0.1) is 0 Å². The van der Waals surface area contributed by atoms with Crippen molar-refractivity contribution >= 4 is 16.1 Å². The highest BCUT2D eigenvalue weighted by Gasteiger charge is 2.11. The second-order valence-electron chi connectivity index (χ2n) is 4.32. The Balaban J connectivity index is 2.30. The normalized spacial score (nSPS) is 11.5. The summed E-state index contributed by atoms with van der Waals surface area (Å²) < 4.78 is 31.9. The van der Waals surface area contributed by atoms with Gasteiger partial charge >= 0.3 is 5.97 Å². The first-order chi connectivity index (χ1) is 9.77. The van der Waals surface area contributed by atoms with Gasteiger partial charge in [0.25, 0.3) is 15.7 Å². The van der Waals surface area contributed by atoms with Crippen LogP contribution in [0.1, 0.15) is 12.1 Å². The van der Waals surface area contributed by atoms with Crippen LogP contribution in [-0.2, 0) is 21.3 Å². The predicted octanol–water partition coefficient (Wildman–Crippen LogP) is 0.430. The number of aryl methyl sites for hydroxylation is 1. The van der Waals surface area contributed by atoms with Gasteiger partial charge in [-0.3, -0.25) is 19.2 Å². The van der Waals surface area contributed by atoms with Crippen molar-refractivity contribution in [3.63, 3.8) is 0 Å². The molecule has 1 aromatic heterocycles. The summed E-state index contributed by atoms with van der Waals surface area (Å²) in [6.07, 6.45) is 0.0717. The third-order valence-electron chi connectivity index (χ3n) is 2.77. The molecule has 0 aliphatic carbocycles. The largest absolute Gasteiger partial charge is 0.481 e. The molecular formula is C12H12N2O6S. The molecule has 8 nitrogen and oxygen atoms in total. The average Bonchev–Trinajstić information content (AvgIpc) is 2.77. The zero-order valence-electron chi connectivity index (χ0n) is 10.7. The number of H-pyrrole nitrogens is 1. The lowest BCUT2D eigenvalue weighted by molar-refractivity contribution is -0.136. The van der Waals surface area contributed by atoms with E-state index < -0.39 is 21.6 Å². The summed E-state index contributed by atoms with van der Waals surface area (Å²) in [5.74, 6) is -0.971. The Morgan fingerprint density at radius 2 is 1.86 bits per heavy atom. The van der Waals surface area contributed by atoms with Crippen molar-refractivity contribution in [1.29, 1.82) is 0 Å². The smallest absolute Gasteiger partial charge is 0.303 e. The van der Waals surface area contributed by atoms with Gasteiger partial charge in [-0.15, -0.1) is 0 Å². The molecule has 0 aliphatic rings. The number of aliphatic carboxylic acids is 1. The van der Waals surface area contributed by atoms with E-state index >= 15 is 0 Å². The third kappa shape index (κ3) is 3.58. The van der Waals surface area contributed by atoms with Crippen LogP contribution in [0.15, 0.2) is 40.0 Å². The summed E-state index contributed by atoms with van der Waals surface area (Å²) in [6.45, 7) is 0. The summed E-state index contributed by atoms with van der Waals surface area (Å²) in [7, 11) is -4.29. The van der Waals surface area contributed by atoms with Crippen LogP contribution in [0.25, 0.3) is 5.69 Å². The van der Waals surface area contributed by atoms with Crippen LogP contribution in [0.5, 0.6) is 0 Å². The van der Waals surface area contributed by atoms with Crippen molar-refractivity contribution in [2.45, 2.75) is 17.7 Å². The fraction of sp³-hybridized carbons (Fsp3) is 0.167. The molecule has 1 aromatic carbocycles. The van der Waals surface area contributed by atoms with Crippen LogP contribution in [0.2, 0.25) is 0 Å². The molecule has 0 saturated heterocycles. The van der Waals surface area contributed by atoms with Crippen LogP contribution in [0.4, 0.5) is 0 Å². The maximum atomic E-state index is 11.8. The minimum absolute atomic E-state index is 0.109. The van der Waals surface area contributed by atoms with Gasteiger partial charge in [-0.1, -0.05) is 0 Å². The quantitative estimate of drug-likeness (QED) is 0.686. The summed E-state index contributed by atoms with van der Waals surface area (Å²) in [5, 5.41) is 11.3. The van der Waals surface area contributed by atoms with Crippen LogP contribution in [-0.4, -0.2) is 33.8 Å². The SMILES string of the molecule is O=C(O)CCc1cc(=O)n(-c2ccc(S(=O)(=O)O)cc2)[nH]1. The molecule has 0 atom stereocenters. The van der Waals surface area contributed by atoms with Gasteiger partial charge in [0, 0.05) is 11.8 Å². The summed E-state index contributed by atoms with van der Waals surface area (Å²) >= 11 is 0. The lowest BCUT2D eigenvalue weighted by atomic mass is 10.2. The first kappa shape index (κ1) is 15.0. The Morgan fingerprint density at radius 1 is 1.24 bits per heavy atom. The zero-order valence-corrected chi connectivity index (χ0v) is 11.5. The molecule has 0 fully saturated rings. The molecular weight excluding hydrogens is 300 g/mol. The van der Waals surface area contributed by atoms with Gasteiger partial charge in [0.2, 0.25) is 0 Å². The number of hydrogen-bond donors (Lipinski definition) is 3. The van der Waals surface area contributed by atoms with Gasteiger partial charge in [-0.25, -0.2) is 4.68 Å². The van der Waals surface area contributed by atoms with Crippen LogP contribution in [0.3, 0.4) is 0 Å². The van der Waals surface area contributed by atoms with Crippen molar-refractivity contribution < 1.29 is 22.9 Å². The van der Waals surface area contributed by atoms with Crippen molar-refractivity contribution in [3.05, 3.63) is 46.4 Å². The highest BCUT2D eigenvalue weighted by atomic mass is 32.2. The van der Waals surface area contributed by atoms with E-state index in [-0.39, 0.29) is 17.7 Å². The van der Waals surface area contributed by atoms with Gasteiger partial charge < -0.3 is 5.11 Å². The predicted molar refractivity (Wildman–Crippen MR) is 72.2 cm³/mol. The molecule has 21 heavy (non-hydrogen) atoms. The molecule has 0 saturated carbocycles. The number of hydrogen-bond acceptors (Lipinski definition) is 4. The molecule has 112 valence electrons. The van der Waals surface area contributed by atoms with Gasteiger partial charge in [-0.05, 0) is 30.7 Å². The van der Waals surface area contributed by atoms with Crippen LogP contribution >= 0.6 is 0 Å². The third-order valence-corrected chi connectivity index (χ3v) is 3.64. The van der Waals surface area contributed by atoms with E-state index in [0.717, 1.165) is 16.8 Å². The number of rotatable bonds is 5. The lowest BCUT2D eigenvalue weighted by Gasteiger charge is -2.03. The molecule has 1 heterocycles.